The SMILES string of the molecule is CSCCCCn1c(SCC(=O)O)nc2cc(Cl)ccc21. The highest BCUT2D eigenvalue weighted by Crippen LogP contribution is 2.26. The fourth-order valence-corrected chi connectivity index (χ4v) is 3.47. The van der Waals surface area contributed by atoms with Crippen LogP contribution in [-0.4, -0.2) is 38.4 Å². The summed E-state index contributed by atoms with van der Waals surface area (Å²) in [5, 5.41) is 10.2. The number of aromatic nitrogens is 2. The van der Waals surface area contributed by atoms with Crippen molar-refractivity contribution < 1.29 is 9.90 Å². The van der Waals surface area contributed by atoms with Crippen LogP contribution in [0.4, 0.5) is 0 Å². The van der Waals surface area contributed by atoms with Crippen molar-refractivity contribution in [1.82, 2.24) is 9.55 Å². The van der Waals surface area contributed by atoms with E-state index in [9.17, 15) is 4.79 Å². The third kappa shape index (κ3) is 4.56. The van der Waals surface area contributed by atoms with Gasteiger partial charge < -0.3 is 9.67 Å². The van der Waals surface area contributed by atoms with Gasteiger partial charge in [-0.05, 0) is 43.0 Å². The van der Waals surface area contributed by atoms with Crippen LogP contribution in [-0.2, 0) is 11.3 Å². The lowest BCUT2D eigenvalue weighted by molar-refractivity contribution is -0.133. The maximum absolute atomic E-state index is 10.8. The predicted octanol–water partition coefficient (Wildman–Crippen LogP) is 4.01. The standard InChI is InChI=1S/C14H17ClN2O2S2/c1-20-7-3-2-6-17-12-5-4-10(15)8-11(12)16-14(17)21-9-13(18)19/h4-5,8H,2-3,6-7,9H2,1H3,(H,18,19). The van der Waals surface area contributed by atoms with Crippen molar-refractivity contribution in [3.8, 4) is 0 Å². The number of imidazole rings is 1. The number of unbranched alkanes of at least 4 members (excludes halogenated alkanes) is 1. The van der Waals surface area contributed by atoms with E-state index in [1.54, 1.807) is 0 Å². The van der Waals surface area contributed by atoms with E-state index in [2.05, 4.69) is 15.8 Å². The van der Waals surface area contributed by atoms with Gasteiger partial charge in [0, 0.05) is 11.6 Å². The number of carboxylic acids is 1. The molecule has 2 rings (SSSR count). The summed E-state index contributed by atoms with van der Waals surface area (Å²) in [6, 6.07) is 5.61. The van der Waals surface area contributed by atoms with Gasteiger partial charge in [0.2, 0.25) is 0 Å². The number of rotatable bonds is 8. The Morgan fingerprint density at radius 2 is 2.24 bits per heavy atom. The van der Waals surface area contributed by atoms with Gasteiger partial charge in [0.15, 0.2) is 5.16 Å². The Morgan fingerprint density at radius 3 is 2.95 bits per heavy atom. The highest BCUT2D eigenvalue weighted by Gasteiger charge is 2.12. The quantitative estimate of drug-likeness (QED) is 0.579. The molecule has 7 heteroatoms. The molecule has 1 aromatic heterocycles. The topological polar surface area (TPSA) is 55.1 Å². The molecule has 2 aromatic rings. The summed E-state index contributed by atoms with van der Waals surface area (Å²) >= 11 is 9.09. The summed E-state index contributed by atoms with van der Waals surface area (Å²) in [6.07, 6.45) is 4.29. The van der Waals surface area contributed by atoms with Crippen molar-refractivity contribution in [2.24, 2.45) is 0 Å². The fraction of sp³-hybridized carbons (Fsp3) is 0.429. The second-order valence-corrected chi connectivity index (χ2v) is 6.93. The first-order valence-corrected chi connectivity index (χ1v) is 9.37. The highest BCUT2D eigenvalue weighted by molar-refractivity contribution is 7.99. The van der Waals surface area contributed by atoms with Crippen LogP contribution in [0, 0.1) is 0 Å². The molecule has 0 saturated heterocycles. The molecule has 0 aliphatic rings. The first-order chi connectivity index (χ1) is 10.1. The Bertz CT molecular complexity index is 631. The summed E-state index contributed by atoms with van der Waals surface area (Å²) < 4.78 is 2.10. The summed E-state index contributed by atoms with van der Waals surface area (Å²) in [7, 11) is 0. The second-order valence-electron chi connectivity index (χ2n) is 4.56. The monoisotopic (exact) mass is 344 g/mol. The number of carbonyl (C=O) groups is 1. The van der Waals surface area contributed by atoms with Gasteiger partial charge in [-0.25, -0.2) is 4.98 Å². The predicted molar refractivity (Wildman–Crippen MR) is 90.7 cm³/mol. The van der Waals surface area contributed by atoms with Crippen LogP contribution in [0.3, 0.4) is 0 Å². The molecule has 0 radical (unpaired) electrons. The third-order valence-corrected chi connectivity index (χ3v) is 4.87. The molecule has 21 heavy (non-hydrogen) atoms. The number of carboxylic acid groups (broad SMARTS) is 1. The van der Waals surface area contributed by atoms with Crippen LogP contribution in [0.15, 0.2) is 23.4 Å². The molecule has 0 spiro atoms. The molecular weight excluding hydrogens is 328 g/mol. The Kier molecular flexibility index (Phi) is 6.26. The normalized spacial score (nSPS) is 11.1. The third-order valence-electron chi connectivity index (χ3n) is 2.98. The van der Waals surface area contributed by atoms with Gasteiger partial charge in [-0.2, -0.15) is 11.8 Å². The Labute approximate surface area is 137 Å². The minimum Gasteiger partial charge on any atom is -0.481 e. The molecule has 0 aliphatic carbocycles. The largest absolute Gasteiger partial charge is 0.481 e. The van der Waals surface area contributed by atoms with Crippen molar-refractivity contribution in [3.05, 3.63) is 23.2 Å². The Hall–Kier alpha value is -0.850. The van der Waals surface area contributed by atoms with Crippen LogP contribution >= 0.6 is 35.1 Å². The van der Waals surface area contributed by atoms with Crippen LogP contribution in [0.5, 0.6) is 0 Å². The molecule has 0 unspecified atom stereocenters. The maximum atomic E-state index is 10.8. The molecule has 1 aromatic carbocycles. The number of fused-ring (bicyclic) bond motifs is 1. The van der Waals surface area contributed by atoms with Crippen LogP contribution < -0.4 is 0 Å². The van der Waals surface area contributed by atoms with E-state index < -0.39 is 5.97 Å². The number of benzene rings is 1. The lowest BCUT2D eigenvalue weighted by atomic mass is 10.3. The summed E-state index contributed by atoms with van der Waals surface area (Å²) in [5.41, 5.74) is 1.83. The molecule has 1 heterocycles. The van der Waals surface area contributed by atoms with Gasteiger partial charge in [0.05, 0.1) is 16.8 Å². The average molecular weight is 345 g/mol. The van der Waals surface area contributed by atoms with Crippen LogP contribution in [0.2, 0.25) is 5.02 Å². The molecular formula is C14H17ClN2O2S2. The summed E-state index contributed by atoms with van der Waals surface area (Å²) in [6.45, 7) is 0.848. The lowest BCUT2D eigenvalue weighted by Crippen LogP contribution is -2.04. The van der Waals surface area contributed by atoms with Gasteiger partial charge >= 0.3 is 5.97 Å². The molecule has 0 amide bonds. The number of aryl methyl sites for hydroxylation is 1. The first kappa shape index (κ1) is 16.5. The smallest absolute Gasteiger partial charge is 0.313 e. The molecule has 0 fully saturated rings. The van der Waals surface area contributed by atoms with E-state index in [-0.39, 0.29) is 5.75 Å². The van der Waals surface area contributed by atoms with Crippen LogP contribution in [0.25, 0.3) is 11.0 Å². The lowest BCUT2D eigenvalue weighted by Gasteiger charge is -2.08. The zero-order chi connectivity index (χ0) is 15.2. The zero-order valence-electron chi connectivity index (χ0n) is 11.7. The molecule has 0 aliphatic heterocycles. The number of halogens is 1. The summed E-state index contributed by atoms with van der Waals surface area (Å²) in [5.74, 6) is 0.316. The Morgan fingerprint density at radius 1 is 1.43 bits per heavy atom. The van der Waals surface area contributed by atoms with E-state index in [0.29, 0.717) is 5.02 Å². The first-order valence-electron chi connectivity index (χ1n) is 6.61. The van der Waals surface area contributed by atoms with E-state index in [1.165, 1.54) is 11.8 Å². The van der Waals surface area contributed by atoms with Gasteiger partial charge in [-0.15, -0.1) is 0 Å². The fourth-order valence-electron chi connectivity index (χ4n) is 2.05. The van der Waals surface area contributed by atoms with Crippen LogP contribution in [0.1, 0.15) is 12.8 Å². The number of nitrogens with zero attached hydrogens (tertiary/aromatic N) is 2. The molecule has 0 bridgehead atoms. The number of hydrogen-bond acceptors (Lipinski definition) is 4. The highest BCUT2D eigenvalue weighted by atomic mass is 35.5. The molecule has 0 atom stereocenters. The second kappa shape index (κ2) is 7.96. The summed E-state index contributed by atoms with van der Waals surface area (Å²) in [4.78, 5) is 15.3. The van der Waals surface area contributed by atoms with Gasteiger partial charge in [0.1, 0.15) is 0 Å². The zero-order valence-corrected chi connectivity index (χ0v) is 14.1. The maximum Gasteiger partial charge on any atom is 0.313 e. The molecule has 1 N–H and O–H groups in total. The van der Waals surface area contributed by atoms with Crippen molar-refractivity contribution >= 4 is 52.1 Å². The van der Waals surface area contributed by atoms with Gasteiger partial charge in [-0.1, -0.05) is 23.4 Å². The minimum absolute atomic E-state index is 0.0157. The molecule has 114 valence electrons. The number of thioether (sulfide) groups is 2. The van der Waals surface area contributed by atoms with E-state index >= 15 is 0 Å². The molecule has 4 nitrogen and oxygen atoms in total. The molecule has 0 saturated carbocycles. The Balaban J connectivity index is 2.23. The van der Waals surface area contributed by atoms with Crippen molar-refractivity contribution in [2.75, 3.05) is 17.8 Å². The van der Waals surface area contributed by atoms with Crippen molar-refractivity contribution in [3.63, 3.8) is 0 Å². The van der Waals surface area contributed by atoms with E-state index in [4.69, 9.17) is 16.7 Å². The van der Waals surface area contributed by atoms with Crippen molar-refractivity contribution in [1.29, 1.82) is 0 Å². The minimum atomic E-state index is -0.834. The van der Waals surface area contributed by atoms with E-state index in [0.717, 1.165) is 41.3 Å². The average Bonchev–Trinajstić information content (AvgIpc) is 2.78. The van der Waals surface area contributed by atoms with Gasteiger partial charge in [-0.3, -0.25) is 4.79 Å². The number of aliphatic carboxylic acids is 1. The number of hydrogen-bond donors (Lipinski definition) is 1. The van der Waals surface area contributed by atoms with E-state index in [1.807, 2.05) is 30.0 Å². The van der Waals surface area contributed by atoms with Gasteiger partial charge in [0.25, 0.3) is 0 Å². The van der Waals surface area contributed by atoms with Crippen molar-refractivity contribution in [2.45, 2.75) is 24.5 Å².